The number of carboxylic acid groups (broad SMARTS) is 1. The molecule has 2 saturated heterocycles. The van der Waals surface area contributed by atoms with E-state index in [1.807, 2.05) is 6.92 Å². The van der Waals surface area contributed by atoms with Gasteiger partial charge in [-0.15, -0.1) is 0 Å². The van der Waals surface area contributed by atoms with Crippen LogP contribution in [0.5, 0.6) is 11.5 Å². The highest BCUT2D eigenvalue weighted by molar-refractivity contribution is 6.09. The number of amides is 2. The second-order valence-electron chi connectivity index (χ2n) is 7.37. The number of carbonyl (C=O) groups excluding carboxylic acids is 2. The van der Waals surface area contributed by atoms with Crippen LogP contribution in [0.1, 0.15) is 31.9 Å². The molecular formula is C19H22N2O6. The lowest BCUT2D eigenvalue weighted by molar-refractivity contribution is -0.152. The highest BCUT2D eigenvalue weighted by Crippen LogP contribution is 2.50. The maximum Gasteiger partial charge on any atom is 0.325 e. The first-order valence-electron chi connectivity index (χ1n) is 9.15. The second-order valence-corrected chi connectivity index (χ2v) is 7.37. The predicted octanol–water partition coefficient (Wildman–Crippen LogP) is 0.860. The van der Waals surface area contributed by atoms with Crippen molar-refractivity contribution in [3.63, 3.8) is 0 Å². The van der Waals surface area contributed by atoms with Crippen LogP contribution in [0.2, 0.25) is 0 Å². The van der Waals surface area contributed by atoms with Crippen molar-refractivity contribution in [1.82, 2.24) is 10.6 Å². The van der Waals surface area contributed by atoms with E-state index < -0.39 is 41.2 Å². The van der Waals surface area contributed by atoms with Gasteiger partial charge in [0, 0.05) is 6.04 Å². The second kappa shape index (κ2) is 6.23. The van der Waals surface area contributed by atoms with Crippen LogP contribution >= 0.6 is 0 Å². The lowest BCUT2D eigenvalue weighted by Crippen LogP contribution is -2.59. The zero-order valence-corrected chi connectivity index (χ0v) is 15.2. The zero-order chi connectivity index (χ0) is 19.3. The maximum atomic E-state index is 12.5. The lowest BCUT2D eigenvalue weighted by Gasteiger charge is -2.35. The van der Waals surface area contributed by atoms with Crippen molar-refractivity contribution >= 4 is 17.8 Å². The van der Waals surface area contributed by atoms with Gasteiger partial charge in [-0.2, -0.15) is 0 Å². The monoisotopic (exact) mass is 374 g/mol. The maximum absolute atomic E-state index is 12.5. The van der Waals surface area contributed by atoms with Crippen molar-refractivity contribution in [3.05, 3.63) is 23.8 Å². The minimum Gasteiger partial charge on any atom is -0.486 e. The van der Waals surface area contributed by atoms with Gasteiger partial charge < -0.3 is 14.6 Å². The molecule has 8 nitrogen and oxygen atoms in total. The summed E-state index contributed by atoms with van der Waals surface area (Å²) in [5, 5.41) is 15.6. The molecule has 3 heterocycles. The number of hydrogen-bond acceptors (Lipinski definition) is 6. The molecule has 0 spiro atoms. The summed E-state index contributed by atoms with van der Waals surface area (Å²) < 4.78 is 11.1. The van der Waals surface area contributed by atoms with Crippen molar-refractivity contribution < 1.29 is 29.0 Å². The van der Waals surface area contributed by atoms with E-state index in [9.17, 15) is 19.5 Å². The van der Waals surface area contributed by atoms with Gasteiger partial charge in [0.15, 0.2) is 11.5 Å². The summed E-state index contributed by atoms with van der Waals surface area (Å²) in [6.45, 7) is 4.55. The summed E-state index contributed by atoms with van der Waals surface area (Å²) in [4.78, 5) is 37.4. The Morgan fingerprint density at radius 3 is 2.63 bits per heavy atom. The number of carboxylic acids is 1. The van der Waals surface area contributed by atoms with Crippen molar-refractivity contribution in [2.45, 2.75) is 31.8 Å². The van der Waals surface area contributed by atoms with E-state index in [1.54, 1.807) is 25.1 Å². The number of carbonyl (C=O) groups is 3. The number of nitrogens with one attached hydrogen (secondary N) is 2. The fraction of sp³-hybridized carbons (Fsp3) is 0.526. The van der Waals surface area contributed by atoms with Crippen LogP contribution in [0, 0.1) is 17.8 Å². The Kier molecular flexibility index (Phi) is 4.10. The van der Waals surface area contributed by atoms with Crippen molar-refractivity contribution in [2.24, 2.45) is 17.8 Å². The highest BCUT2D eigenvalue weighted by Gasteiger charge is 2.67. The van der Waals surface area contributed by atoms with Gasteiger partial charge in [0.25, 0.3) is 0 Å². The van der Waals surface area contributed by atoms with E-state index in [1.165, 1.54) is 0 Å². The molecule has 3 N–H and O–H groups in total. The number of imide groups is 1. The average molecular weight is 374 g/mol. The first-order chi connectivity index (χ1) is 12.9. The fourth-order valence-electron chi connectivity index (χ4n) is 4.59. The van der Waals surface area contributed by atoms with Gasteiger partial charge in [-0.1, -0.05) is 26.3 Å². The molecule has 0 bridgehead atoms. The Morgan fingerprint density at radius 1 is 1.26 bits per heavy atom. The van der Waals surface area contributed by atoms with Crippen LogP contribution < -0.4 is 20.1 Å². The van der Waals surface area contributed by atoms with Crippen molar-refractivity contribution in [1.29, 1.82) is 0 Å². The van der Waals surface area contributed by atoms with Crippen LogP contribution in [0.3, 0.4) is 0 Å². The summed E-state index contributed by atoms with van der Waals surface area (Å²) in [5.74, 6) is -3.01. The van der Waals surface area contributed by atoms with Gasteiger partial charge in [-0.3, -0.25) is 25.0 Å². The Balaban J connectivity index is 1.81. The first-order valence-corrected chi connectivity index (χ1v) is 9.15. The molecule has 1 aromatic rings. The number of rotatable bonds is 4. The van der Waals surface area contributed by atoms with E-state index in [2.05, 4.69) is 10.6 Å². The fourth-order valence-corrected chi connectivity index (χ4v) is 4.59. The molecule has 5 unspecified atom stereocenters. The van der Waals surface area contributed by atoms with Crippen LogP contribution in [0.15, 0.2) is 18.2 Å². The minimum atomic E-state index is -1.51. The lowest BCUT2D eigenvalue weighted by atomic mass is 9.72. The quantitative estimate of drug-likeness (QED) is 0.670. The average Bonchev–Trinajstić information content (AvgIpc) is 3.18. The summed E-state index contributed by atoms with van der Waals surface area (Å²) in [7, 11) is 0. The Hall–Kier alpha value is -2.61. The zero-order valence-electron chi connectivity index (χ0n) is 15.2. The molecule has 0 saturated carbocycles. The van der Waals surface area contributed by atoms with E-state index in [-0.39, 0.29) is 5.92 Å². The third-order valence-corrected chi connectivity index (χ3v) is 6.10. The van der Waals surface area contributed by atoms with E-state index in [0.717, 1.165) is 0 Å². The van der Waals surface area contributed by atoms with E-state index in [0.29, 0.717) is 36.7 Å². The molecule has 3 aliphatic heterocycles. The van der Waals surface area contributed by atoms with Crippen LogP contribution in [-0.2, 0) is 14.4 Å². The molecule has 8 heteroatoms. The van der Waals surface area contributed by atoms with E-state index >= 15 is 0 Å². The molecule has 3 aliphatic rings. The van der Waals surface area contributed by atoms with Crippen LogP contribution in [0.25, 0.3) is 0 Å². The number of aliphatic carboxylic acids is 1. The van der Waals surface area contributed by atoms with Gasteiger partial charge in [0.2, 0.25) is 11.8 Å². The van der Waals surface area contributed by atoms with Crippen molar-refractivity contribution in [2.75, 3.05) is 13.2 Å². The highest BCUT2D eigenvalue weighted by atomic mass is 16.6. The minimum absolute atomic E-state index is 0.346. The molecule has 144 valence electrons. The Bertz CT molecular complexity index is 824. The molecule has 27 heavy (non-hydrogen) atoms. The molecule has 5 atom stereocenters. The van der Waals surface area contributed by atoms with Gasteiger partial charge in [0.1, 0.15) is 18.8 Å². The number of fused-ring (bicyclic) bond motifs is 2. The van der Waals surface area contributed by atoms with Gasteiger partial charge >= 0.3 is 5.97 Å². The third-order valence-electron chi connectivity index (χ3n) is 6.10. The number of hydrogen-bond donors (Lipinski definition) is 3. The largest absolute Gasteiger partial charge is 0.486 e. The van der Waals surface area contributed by atoms with Crippen molar-refractivity contribution in [3.8, 4) is 11.5 Å². The van der Waals surface area contributed by atoms with Crippen LogP contribution in [0.4, 0.5) is 0 Å². The SMILES string of the molecule is CCC(C)C1(C(=O)O)NC(c2ccc3c(c2)OCCO3)C2C(=O)NC(=O)C21. The molecule has 4 rings (SSSR count). The molecule has 0 aliphatic carbocycles. The third kappa shape index (κ3) is 2.43. The van der Waals surface area contributed by atoms with Gasteiger partial charge in [-0.05, 0) is 23.6 Å². The normalized spacial score (nSPS) is 32.7. The standard InChI is InChI=1S/C19H22N2O6/c1-3-9(2)19(18(24)25)14-13(16(22)20-17(14)23)15(21-19)10-4-5-11-12(8-10)27-7-6-26-11/h4-5,8-9,13-15,21H,3,6-7H2,1-2H3,(H,24,25)(H,20,22,23). The topological polar surface area (TPSA) is 114 Å². The number of ether oxygens (including phenoxy) is 2. The summed E-state index contributed by atoms with van der Waals surface area (Å²) >= 11 is 0. The van der Waals surface area contributed by atoms with Gasteiger partial charge in [0.05, 0.1) is 11.8 Å². The number of benzene rings is 1. The smallest absolute Gasteiger partial charge is 0.325 e. The van der Waals surface area contributed by atoms with Gasteiger partial charge in [-0.25, -0.2) is 0 Å². The summed E-state index contributed by atoms with van der Waals surface area (Å²) in [6.07, 6.45) is 0.553. The summed E-state index contributed by atoms with van der Waals surface area (Å²) in [5.41, 5.74) is -0.807. The molecular weight excluding hydrogens is 352 g/mol. The molecule has 2 fully saturated rings. The van der Waals surface area contributed by atoms with Crippen LogP contribution in [-0.4, -0.2) is 41.6 Å². The molecule has 1 aromatic carbocycles. The first kappa shape index (κ1) is 17.8. The molecule has 0 aromatic heterocycles. The van der Waals surface area contributed by atoms with E-state index in [4.69, 9.17) is 9.47 Å². The molecule has 2 amide bonds. The molecule has 0 radical (unpaired) electrons. The summed E-state index contributed by atoms with van der Waals surface area (Å²) in [6, 6.07) is 4.68. The predicted molar refractivity (Wildman–Crippen MR) is 93.3 cm³/mol. The Labute approximate surface area is 156 Å². The Morgan fingerprint density at radius 2 is 1.96 bits per heavy atom.